The molecule has 1 aliphatic rings. The molecule has 1 aliphatic heterocycles. The van der Waals surface area contributed by atoms with Crippen LogP contribution in [0.15, 0.2) is 107 Å². The molecule has 0 aliphatic carbocycles. The largest absolute Gasteiger partial charge is 0.485 e. The van der Waals surface area contributed by atoms with Crippen LogP contribution in [0.3, 0.4) is 0 Å². The van der Waals surface area contributed by atoms with Gasteiger partial charge >= 0.3 is 0 Å². The third-order valence-corrected chi connectivity index (χ3v) is 7.91. The lowest BCUT2D eigenvalue weighted by Gasteiger charge is -2.26. The highest BCUT2D eigenvalue weighted by atomic mass is 32.2. The van der Waals surface area contributed by atoms with Gasteiger partial charge < -0.3 is 9.47 Å². The predicted octanol–water partition coefficient (Wildman–Crippen LogP) is 6.60. The maximum atomic E-state index is 6.30. The van der Waals surface area contributed by atoms with Gasteiger partial charge in [-0.2, -0.15) is 0 Å². The van der Waals surface area contributed by atoms with E-state index < -0.39 is 6.10 Å². The van der Waals surface area contributed by atoms with Gasteiger partial charge in [-0.1, -0.05) is 60.7 Å². The van der Waals surface area contributed by atoms with E-state index in [9.17, 15) is 0 Å². The Morgan fingerprint density at radius 3 is 2.43 bits per heavy atom. The van der Waals surface area contributed by atoms with Crippen LogP contribution in [0.5, 0.6) is 11.5 Å². The van der Waals surface area contributed by atoms with E-state index in [-0.39, 0.29) is 0 Å². The summed E-state index contributed by atoms with van der Waals surface area (Å²) in [6.45, 7) is 0.340. The number of aromatic nitrogens is 5. The first-order valence-electron chi connectivity index (χ1n) is 11.7. The van der Waals surface area contributed by atoms with E-state index in [2.05, 4.69) is 37.7 Å². The maximum absolute atomic E-state index is 6.30. The normalized spacial score (nSPS) is 14.6. The van der Waals surface area contributed by atoms with E-state index in [0.29, 0.717) is 23.3 Å². The van der Waals surface area contributed by atoms with Crippen LogP contribution >= 0.6 is 23.1 Å². The summed E-state index contributed by atoms with van der Waals surface area (Å²) in [5.74, 6) is 2.09. The third kappa shape index (κ3) is 4.02. The zero-order valence-electron chi connectivity index (χ0n) is 19.4. The zero-order chi connectivity index (χ0) is 24.6. The fourth-order valence-electron chi connectivity index (χ4n) is 4.36. The summed E-state index contributed by atoms with van der Waals surface area (Å²) in [7, 11) is 0. The Kier molecular flexibility index (Phi) is 5.56. The van der Waals surface area contributed by atoms with Gasteiger partial charge in [-0.05, 0) is 41.6 Å². The molecular formula is C28H19N5O2S2. The third-order valence-electron chi connectivity index (χ3n) is 6.08. The monoisotopic (exact) mass is 521 g/mol. The van der Waals surface area contributed by atoms with Gasteiger partial charge in [0.05, 0.1) is 5.39 Å². The van der Waals surface area contributed by atoms with Crippen LogP contribution in [0.4, 0.5) is 0 Å². The molecule has 0 radical (unpaired) electrons. The number of hydrogen-bond donors (Lipinski definition) is 0. The molecule has 180 valence electrons. The molecule has 0 saturated carbocycles. The smallest absolute Gasteiger partial charge is 0.202 e. The lowest BCUT2D eigenvalue weighted by Crippen LogP contribution is -2.24. The highest BCUT2D eigenvalue weighted by Crippen LogP contribution is 2.41. The molecular weight excluding hydrogens is 502 g/mol. The second-order valence-corrected chi connectivity index (χ2v) is 10.2. The van der Waals surface area contributed by atoms with Crippen molar-refractivity contribution in [3.63, 3.8) is 0 Å². The fraction of sp³-hybridized carbons (Fsp3) is 0.0714. The molecule has 7 nitrogen and oxygen atoms in total. The van der Waals surface area contributed by atoms with Crippen LogP contribution in [-0.2, 0) is 0 Å². The number of ether oxygens (including phenoxy) is 2. The van der Waals surface area contributed by atoms with Gasteiger partial charge in [0.15, 0.2) is 23.4 Å². The SMILES string of the molecule is c1ccc(-c2csc3ncnc(Sc4nnc(C5COc6ccccc6O5)n4-c4ccccc4)c23)cc1. The van der Waals surface area contributed by atoms with Gasteiger partial charge in [0, 0.05) is 16.6 Å². The van der Waals surface area contributed by atoms with Gasteiger partial charge in [0.25, 0.3) is 0 Å². The number of thiophene rings is 1. The minimum atomic E-state index is -0.414. The van der Waals surface area contributed by atoms with Crippen LogP contribution in [0, 0.1) is 0 Å². The van der Waals surface area contributed by atoms with Crippen LogP contribution in [0.25, 0.3) is 27.0 Å². The zero-order valence-corrected chi connectivity index (χ0v) is 21.0. The van der Waals surface area contributed by atoms with E-state index in [1.165, 1.54) is 11.8 Å². The highest BCUT2D eigenvalue weighted by Gasteiger charge is 2.30. The summed E-state index contributed by atoms with van der Waals surface area (Å²) in [5.41, 5.74) is 3.17. The molecule has 6 aromatic rings. The van der Waals surface area contributed by atoms with Crippen molar-refractivity contribution in [2.75, 3.05) is 6.61 Å². The van der Waals surface area contributed by atoms with E-state index in [1.807, 2.05) is 77.4 Å². The van der Waals surface area contributed by atoms with Crippen LogP contribution < -0.4 is 9.47 Å². The molecule has 7 rings (SSSR count). The minimum absolute atomic E-state index is 0.340. The quantitative estimate of drug-likeness (QED) is 0.237. The Hall–Kier alpha value is -4.21. The molecule has 0 amide bonds. The fourth-order valence-corrected chi connectivity index (χ4v) is 6.30. The highest BCUT2D eigenvalue weighted by molar-refractivity contribution is 7.99. The topological polar surface area (TPSA) is 75.0 Å². The molecule has 4 heterocycles. The first-order chi connectivity index (χ1) is 18.3. The molecule has 3 aromatic carbocycles. The summed E-state index contributed by atoms with van der Waals surface area (Å²) in [5, 5.41) is 13.8. The lowest BCUT2D eigenvalue weighted by atomic mass is 10.1. The van der Waals surface area contributed by atoms with Gasteiger partial charge in [-0.15, -0.1) is 21.5 Å². The van der Waals surface area contributed by atoms with Crippen LogP contribution in [0.1, 0.15) is 11.9 Å². The molecule has 0 bridgehead atoms. The number of nitrogens with zero attached hydrogens (tertiary/aromatic N) is 5. The van der Waals surface area contributed by atoms with Crippen molar-refractivity contribution in [1.29, 1.82) is 0 Å². The molecule has 1 unspecified atom stereocenters. The number of para-hydroxylation sites is 3. The van der Waals surface area contributed by atoms with Gasteiger partial charge in [0.2, 0.25) is 5.16 Å². The van der Waals surface area contributed by atoms with Crippen molar-refractivity contribution >= 4 is 33.3 Å². The molecule has 0 fully saturated rings. The van der Waals surface area contributed by atoms with Crippen molar-refractivity contribution in [1.82, 2.24) is 24.7 Å². The van der Waals surface area contributed by atoms with Crippen molar-refractivity contribution < 1.29 is 9.47 Å². The average molecular weight is 522 g/mol. The van der Waals surface area contributed by atoms with E-state index in [4.69, 9.17) is 9.47 Å². The summed E-state index contributed by atoms with van der Waals surface area (Å²) in [6.07, 6.45) is 1.19. The van der Waals surface area contributed by atoms with Crippen molar-refractivity contribution in [2.45, 2.75) is 16.3 Å². The molecule has 37 heavy (non-hydrogen) atoms. The number of fused-ring (bicyclic) bond motifs is 2. The number of benzene rings is 3. The molecule has 3 aromatic heterocycles. The second-order valence-electron chi connectivity index (χ2n) is 8.35. The van der Waals surface area contributed by atoms with Gasteiger partial charge in [-0.25, -0.2) is 9.97 Å². The standard InChI is InChI=1S/C28H19N5O2S2/c1-3-9-18(10-4-1)20-16-36-26-24(20)27(30-17-29-26)37-28-32-31-25(33(28)19-11-5-2-6-12-19)23-15-34-21-13-7-8-14-22(21)35-23/h1-14,16-17,23H,15H2. The Balaban J connectivity index is 1.33. The summed E-state index contributed by atoms with van der Waals surface area (Å²) in [4.78, 5) is 10.1. The first kappa shape index (κ1) is 22.0. The predicted molar refractivity (Wildman–Crippen MR) is 144 cm³/mol. The van der Waals surface area contributed by atoms with Crippen LogP contribution in [0.2, 0.25) is 0 Å². The Morgan fingerprint density at radius 2 is 1.59 bits per heavy atom. The minimum Gasteiger partial charge on any atom is -0.485 e. The second kappa shape index (κ2) is 9.34. The summed E-state index contributed by atoms with van der Waals surface area (Å²) < 4.78 is 14.3. The van der Waals surface area contributed by atoms with E-state index in [0.717, 1.165) is 37.8 Å². The van der Waals surface area contributed by atoms with Crippen LogP contribution in [-0.4, -0.2) is 31.3 Å². The van der Waals surface area contributed by atoms with E-state index >= 15 is 0 Å². The Labute approximate surface area is 220 Å². The first-order valence-corrected chi connectivity index (χ1v) is 13.4. The lowest BCUT2D eigenvalue weighted by molar-refractivity contribution is 0.0835. The van der Waals surface area contributed by atoms with Crippen molar-refractivity contribution in [3.05, 3.63) is 102 Å². The van der Waals surface area contributed by atoms with Gasteiger partial charge in [0.1, 0.15) is 22.8 Å². The Bertz CT molecular complexity index is 1700. The summed E-state index contributed by atoms with van der Waals surface area (Å²) >= 11 is 3.08. The van der Waals surface area contributed by atoms with Crippen molar-refractivity contribution in [2.24, 2.45) is 0 Å². The Morgan fingerprint density at radius 1 is 0.838 bits per heavy atom. The number of rotatable bonds is 5. The van der Waals surface area contributed by atoms with Crippen molar-refractivity contribution in [3.8, 4) is 28.3 Å². The maximum Gasteiger partial charge on any atom is 0.202 e. The molecule has 1 atom stereocenters. The molecule has 0 saturated heterocycles. The van der Waals surface area contributed by atoms with Gasteiger partial charge in [-0.3, -0.25) is 4.57 Å². The molecule has 0 N–H and O–H groups in total. The summed E-state index contributed by atoms with van der Waals surface area (Å²) in [6, 6.07) is 28.0. The van der Waals surface area contributed by atoms with E-state index in [1.54, 1.807) is 17.7 Å². The molecule has 9 heteroatoms. The average Bonchev–Trinajstić information content (AvgIpc) is 3.59. The molecule has 0 spiro atoms. The number of hydrogen-bond acceptors (Lipinski definition) is 8.